The van der Waals surface area contributed by atoms with Crippen LogP contribution in [0.5, 0.6) is 0 Å². The van der Waals surface area contributed by atoms with Crippen LogP contribution in [0.4, 0.5) is 17.1 Å². The first kappa shape index (κ1) is 24.7. The Morgan fingerprint density at radius 1 is 0.829 bits per heavy atom. The molecule has 1 N–H and O–H groups in total. The smallest absolute Gasteiger partial charge is 0.270 e. The first-order chi connectivity index (χ1) is 19.9. The average Bonchev–Trinajstić information content (AvgIpc) is 3.49. The molecule has 4 atom stereocenters. The first-order valence-corrected chi connectivity index (χ1v) is 13.3. The highest BCUT2D eigenvalue weighted by Gasteiger charge is 2.70. The van der Waals surface area contributed by atoms with Crippen molar-refractivity contribution in [2.75, 3.05) is 10.2 Å². The van der Waals surface area contributed by atoms with Crippen molar-refractivity contribution in [2.24, 2.45) is 5.92 Å². The van der Waals surface area contributed by atoms with Crippen LogP contribution in [0, 0.1) is 16.0 Å². The van der Waals surface area contributed by atoms with Crippen molar-refractivity contribution in [3.05, 3.63) is 142 Å². The number of nitrogens with zero attached hydrogens (tertiary/aromatic N) is 2. The molecule has 0 bridgehead atoms. The molecule has 3 aliphatic heterocycles. The van der Waals surface area contributed by atoms with Crippen LogP contribution in [0.25, 0.3) is 6.08 Å². The third kappa shape index (κ3) is 3.43. The van der Waals surface area contributed by atoms with Crippen molar-refractivity contribution in [1.82, 2.24) is 0 Å². The molecule has 3 aliphatic rings. The summed E-state index contributed by atoms with van der Waals surface area (Å²) in [5.41, 5.74) is 1.61. The number of fused-ring (bicyclic) bond motifs is 6. The Hall–Kier alpha value is -5.37. The summed E-state index contributed by atoms with van der Waals surface area (Å²) in [6, 6.07) is 27.2. The molecule has 8 nitrogen and oxygen atoms in total. The number of nitrogens with one attached hydrogen (secondary N) is 1. The molecule has 3 heterocycles. The fourth-order valence-electron chi connectivity index (χ4n) is 6.85. The first-order valence-electron chi connectivity index (χ1n) is 13.3. The van der Waals surface area contributed by atoms with E-state index in [1.807, 2.05) is 59.5 Å². The number of benzene rings is 4. The number of anilines is 2. The quantitative estimate of drug-likeness (QED) is 0.204. The van der Waals surface area contributed by atoms with Crippen LogP contribution >= 0.6 is 0 Å². The third-order valence-electron chi connectivity index (χ3n) is 8.49. The number of nitro groups is 1. The van der Waals surface area contributed by atoms with E-state index in [1.54, 1.807) is 36.4 Å². The second-order valence-corrected chi connectivity index (χ2v) is 10.5. The largest absolute Gasteiger partial charge is 0.352 e. The number of hydrogen-bond donors (Lipinski definition) is 1. The number of para-hydroxylation sites is 2. The molecule has 41 heavy (non-hydrogen) atoms. The standard InChI is InChI=1S/C33H23N3O5/c37-30(21-10-2-1-3-11-21)28-29(31(38)22-12-8-13-23(19-22)36(40)41)35-26-16-7-4-9-20(26)17-18-27(35)33(28)24-14-5-6-15-25(24)34-32(33)39/h1-19,27-29H,(H,34,39). The van der Waals surface area contributed by atoms with Crippen molar-refractivity contribution in [2.45, 2.75) is 17.5 Å². The zero-order valence-corrected chi connectivity index (χ0v) is 21.6. The summed E-state index contributed by atoms with van der Waals surface area (Å²) in [5, 5.41) is 14.6. The van der Waals surface area contributed by atoms with E-state index >= 15 is 0 Å². The summed E-state index contributed by atoms with van der Waals surface area (Å²) >= 11 is 0. The van der Waals surface area contributed by atoms with Crippen molar-refractivity contribution >= 4 is 40.6 Å². The minimum Gasteiger partial charge on any atom is -0.352 e. The van der Waals surface area contributed by atoms with Gasteiger partial charge in [0.2, 0.25) is 5.91 Å². The van der Waals surface area contributed by atoms with Gasteiger partial charge in [-0.3, -0.25) is 24.5 Å². The molecule has 0 aliphatic carbocycles. The van der Waals surface area contributed by atoms with Crippen molar-refractivity contribution in [3.63, 3.8) is 0 Å². The molecule has 200 valence electrons. The van der Waals surface area contributed by atoms with Gasteiger partial charge in [-0.1, -0.05) is 91.0 Å². The SMILES string of the molecule is O=C(c1cccc([N+](=O)[O-])c1)C1C(C(=O)c2ccccc2)C2(C(=O)Nc3ccccc32)C2C=Cc3ccccc3N12. The lowest BCUT2D eigenvalue weighted by atomic mass is 9.64. The number of carbonyl (C=O) groups is 3. The normalized spacial score (nSPS) is 23.5. The van der Waals surface area contributed by atoms with Crippen molar-refractivity contribution in [3.8, 4) is 0 Å². The van der Waals surface area contributed by atoms with Gasteiger partial charge in [-0.2, -0.15) is 0 Å². The van der Waals surface area contributed by atoms with Crippen LogP contribution in [-0.4, -0.2) is 34.5 Å². The van der Waals surface area contributed by atoms with Crippen molar-refractivity contribution < 1.29 is 19.3 Å². The van der Waals surface area contributed by atoms with Gasteiger partial charge >= 0.3 is 0 Å². The fraction of sp³-hybridized carbons (Fsp3) is 0.121. The van der Waals surface area contributed by atoms with E-state index in [4.69, 9.17) is 0 Å². The van der Waals surface area contributed by atoms with Gasteiger partial charge in [0, 0.05) is 34.6 Å². The number of carbonyl (C=O) groups excluding carboxylic acids is 3. The van der Waals surface area contributed by atoms with Gasteiger partial charge in [-0.05, 0) is 23.3 Å². The number of Topliss-reactive ketones (excluding diaryl/α,β-unsaturated/α-hetero) is 2. The molecule has 0 aromatic heterocycles. The van der Waals surface area contributed by atoms with Crippen LogP contribution in [0.3, 0.4) is 0 Å². The van der Waals surface area contributed by atoms with E-state index in [0.29, 0.717) is 22.5 Å². The maximum absolute atomic E-state index is 14.6. The average molecular weight is 542 g/mol. The van der Waals surface area contributed by atoms with E-state index in [9.17, 15) is 24.5 Å². The molecule has 0 radical (unpaired) electrons. The van der Waals surface area contributed by atoms with E-state index < -0.39 is 34.1 Å². The minimum absolute atomic E-state index is 0.101. The topological polar surface area (TPSA) is 110 Å². The number of hydrogen-bond acceptors (Lipinski definition) is 6. The van der Waals surface area contributed by atoms with Crippen LogP contribution in [0.1, 0.15) is 31.8 Å². The van der Waals surface area contributed by atoms with Crippen LogP contribution < -0.4 is 10.2 Å². The Morgan fingerprint density at radius 2 is 1.54 bits per heavy atom. The molecule has 4 aromatic carbocycles. The highest BCUT2D eigenvalue weighted by atomic mass is 16.6. The summed E-state index contributed by atoms with van der Waals surface area (Å²) in [7, 11) is 0. The van der Waals surface area contributed by atoms with E-state index in [2.05, 4.69) is 5.32 Å². The fourth-order valence-corrected chi connectivity index (χ4v) is 6.85. The van der Waals surface area contributed by atoms with Gasteiger partial charge in [0.15, 0.2) is 11.6 Å². The van der Waals surface area contributed by atoms with Crippen LogP contribution in [0.2, 0.25) is 0 Å². The maximum Gasteiger partial charge on any atom is 0.270 e. The second kappa shape index (κ2) is 9.09. The number of ketones is 2. The summed E-state index contributed by atoms with van der Waals surface area (Å²) in [6.07, 6.45) is 3.83. The molecule has 1 fully saturated rings. The molecule has 4 aromatic rings. The molecule has 0 saturated carbocycles. The van der Waals surface area contributed by atoms with E-state index in [0.717, 1.165) is 5.56 Å². The Balaban J connectivity index is 1.53. The summed E-state index contributed by atoms with van der Waals surface area (Å²) in [6.45, 7) is 0. The zero-order chi connectivity index (χ0) is 28.3. The lowest BCUT2D eigenvalue weighted by molar-refractivity contribution is -0.384. The van der Waals surface area contributed by atoms with Gasteiger partial charge in [0.05, 0.1) is 16.9 Å². The molecule has 1 spiro atoms. The minimum atomic E-state index is -1.44. The highest BCUT2D eigenvalue weighted by molar-refractivity contribution is 6.18. The Labute approximate surface area is 235 Å². The van der Waals surface area contributed by atoms with E-state index in [-0.39, 0.29) is 22.9 Å². The summed E-state index contributed by atoms with van der Waals surface area (Å²) in [4.78, 5) is 56.5. The summed E-state index contributed by atoms with van der Waals surface area (Å²) < 4.78 is 0. The third-order valence-corrected chi connectivity index (χ3v) is 8.49. The van der Waals surface area contributed by atoms with Gasteiger partial charge in [0.25, 0.3) is 5.69 Å². The zero-order valence-electron chi connectivity index (χ0n) is 21.6. The van der Waals surface area contributed by atoms with Crippen LogP contribution in [0.15, 0.2) is 109 Å². The van der Waals surface area contributed by atoms with Crippen LogP contribution in [-0.2, 0) is 10.2 Å². The number of nitro benzene ring substituents is 1. The van der Waals surface area contributed by atoms with Gasteiger partial charge in [-0.25, -0.2) is 0 Å². The van der Waals surface area contributed by atoms with E-state index in [1.165, 1.54) is 24.3 Å². The molecular weight excluding hydrogens is 518 g/mol. The molecular formula is C33H23N3O5. The Morgan fingerprint density at radius 3 is 2.34 bits per heavy atom. The van der Waals surface area contributed by atoms with Gasteiger partial charge in [0.1, 0.15) is 11.5 Å². The second-order valence-electron chi connectivity index (χ2n) is 10.5. The lowest BCUT2D eigenvalue weighted by Crippen LogP contribution is -2.51. The Kier molecular flexibility index (Phi) is 5.47. The molecule has 4 unspecified atom stereocenters. The number of amides is 1. The highest BCUT2D eigenvalue weighted by Crippen LogP contribution is 2.58. The number of rotatable bonds is 5. The van der Waals surface area contributed by atoms with Gasteiger partial charge in [-0.15, -0.1) is 0 Å². The van der Waals surface area contributed by atoms with Gasteiger partial charge < -0.3 is 10.2 Å². The monoisotopic (exact) mass is 541 g/mol. The Bertz CT molecular complexity index is 1800. The predicted octanol–water partition coefficient (Wildman–Crippen LogP) is 5.45. The maximum atomic E-state index is 14.6. The number of non-ortho nitro benzene ring substituents is 1. The summed E-state index contributed by atoms with van der Waals surface area (Å²) in [5.74, 6) is -2.31. The molecule has 1 saturated heterocycles. The molecule has 1 amide bonds. The van der Waals surface area contributed by atoms with Crippen molar-refractivity contribution in [1.29, 1.82) is 0 Å². The molecule has 8 heteroatoms. The lowest BCUT2D eigenvalue weighted by Gasteiger charge is -2.37. The predicted molar refractivity (Wildman–Crippen MR) is 154 cm³/mol. The molecule has 7 rings (SSSR count).